The summed E-state index contributed by atoms with van der Waals surface area (Å²) in [4.78, 5) is 27.4. The molecule has 0 saturated heterocycles. The number of nitrogens with zero attached hydrogens (tertiary/aromatic N) is 1. The van der Waals surface area contributed by atoms with E-state index in [-0.39, 0.29) is 22.5 Å². The number of aryl methyl sites for hydroxylation is 2. The first-order valence-corrected chi connectivity index (χ1v) is 7.41. The van der Waals surface area contributed by atoms with Crippen molar-refractivity contribution in [1.82, 2.24) is 15.6 Å². The van der Waals surface area contributed by atoms with E-state index in [1.807, 2.05) is 32.0 Å². The maximum Gasteiger partial charge on any atom is 0.280 e. The van der Waals surface area contributed by atoms with Gasteiger partial charge in [0.15, 0.2) is 5.01 Å². The van der Waals surface area contributed by atoms with Crippen LogP contribution in [0.1, 0.15) is 37.0 Å². The number of carbonyl (C=O) groups is 2. The molecule has 0 spiro atoms. The molecular weight excluding hydrogens is 286 g/mol. The van der Waals surface area contributed by atoms with Gasteiger partial charge in [-0.05, 0) is 30.5 Å². The summed E-state index contributed by atoms with van der Waals surface area (Å²) in [5.41, 5.74) is 3.72. The van der Waals surface area contributed by atoms with Crippen LogP contribution in [0.2, 0.25) is 0 Å². The molecule has 0 aliphatic heterocycles. The summed E-state index contributed by atoms with van der Waals surface area (Å²) in [5.74, 6) is -0.562. The summed E-state index contributed by atoms with van der Waals surface area (Å²) < 4.78 is 0. The Morgan fingerprint density at radius 1 is 1.19 bits per heavy atom. The molecule has 2 aromatic rings. The molecular formula is C15H17N3O2S. The van der Waals surface area contributed by atoms with E-state index >= 15 is 0 Å². The minimum atomic E-state index is -0.284. The summed E-state index contributed by atoms with van der Waals surface area (Å²) in [6.07, 6.45) is 0. The zero-order chi connectivity index (χ0) is 15.4. The van der Waals surface area contributed by atoms with Gasteiger partial charge >= 0.3 is 0 Å². The van der Waals surface area contributed by atoms with Crippen molar-refractivity contribution in [2.24, 2.45) is 0 Å². The number of carbonyl (C=O) groups excluding carboxylic acids is 2. The van der Waals surface area contributed by atoms with Gasteiger partial charge in [-0.1, -0.05) is 18.2 Å². The van der Waals surface area contributed by atoms with Crippen molar-refractivity contribution >= 4 is 23.2 Å². The monoisotopic (exact) mass is 303 g/mol. The Morgan fingerprint density at radius 2 is 1.95 bits per heavy atom. The second kappa shape index (κ2) is 6.49. The summed E-state index contributed by atoms with van der Waals surface area (Å²) in [6.45, 7) is 4.52. The molecule has 0 unspecified atom stereocenters. The quantitative estimate of drug-likeness (QED) is 0.908. The van der Waals surface area contributed by atoms with Gasteiger partial charge in [-0.3, -0.25) is 9.59 Å². The molecule has 1 aromatic heterocycles. The number of aromatic nitrogens is 1. The number of hydrogen-bond donors (Lipinski definition) is 2. The van der Waals surface area contributed by atoms with Crippen molar-refractivity contribution in [2.45, 2.75) is 20.4 Å². The van der Waals surface area contributed by atoms with Crippen molar-refractivity contribution in [3.63, 3.8) is 0 Å². The van der Waals surface area contributed by atoms with Crippen molar-refractivity contribution in [1.29, 1.82) is 0 Å². The number of rotatable bonds is 4. The smallest absolute Gasteiger partial charge is 0.280 e. The average molecular weight is 303 g/mol. The standard InChI is InChI=1S/C15H17N3O2S/c1-9-4-5-11(6-10(9)2)7-17-13(19)12-8-21-15(18-12)14(20)16-3/h4-6,8H,7H2,1-3H3,(H,16,20)(H,17,19). The topological polar surface area (TPSA) is 71.1 Å². The highest BCUT2D eigenvalue weighted by Crippen LogP contribution is 2.11. The normalized spacial score (nSPS) is 10.2. The predicted molar refractivity (Wildman–Crippen MR) is 82.6 cm³/mol. The molecule has 0 aliphatic rings. The van der Waals surface area contributed by atoms with Crippen LogP contribution in [0.4, 0.5) is 0 Å². The lowest BCUT2D eigenvalue weighted by atomic mass is 10.1. The molecule has 1 aromatic carbocycles. The predicted octanol–water partition coefficient (Wildman–Crippen LogP) is 2.05. The van der Waals surface area contributed by atoms with E-state index in [0.29, 0.717) is 6.54 Å². The lowest BCUT2D eigenvalue weighted by molar-refractivity contribution is 0.0946. The molecule has 0 atom stereocenters. The zero-order valence-electron chi connectivity index (χ0n) is 12.2. The van der Waals surface area contributed by atoms with E-state index in [9.17, 15) is 9.59 Å². The number of amides is 2. The van der Waals surface area contributed by atoms with Crippen LogP contribution in [0.3, 0.4) is 0 Å². The minimum absolute atomic E-state index is 0.266. The van der Waals surface area contributed by atoms with E-state index in [2.05, 4.69) is 15.6 Å². The summed E-state index contributed by atoms with van der Waals surface area (Å²) in [5, 5.41) is 7.16. The van der Waals surface area contributed by atoms with Crippen LogP contribution in [0.15, 0.2) is 23.6 Å². The molecule has 0 fully saturated rings. The molecule has 0 radical (unpaired) electrons. The van der Waals surface area contributed by atoms with Crippen LogP contribution in [-0.2, 0) is 6.54 Å². The van der Waals surface area contributed by atoms with Gasteiger partial charge in [-0.2, -0.15) is 0 Å². The van der Waals surface area contributed by atoms with E-state index in [4.69, 9.17) is 0 Å². The SMILES string of the molecule is CNC(=O)c1nc(C(=O)NCc2ccc(C)c(C)c2)cs1. The van der Waals surface area contributed by atoms with Crippen LogP contribution >= 0.6 is 11.3 Å². The fraction of sp³-hybridized carbons (Fsp3) is 0.267. The third-order valence-electron chi connectivity index (χ3n) is 3.18. The van der Waals surface area contributed by atoms with Crippen molar-refractivity contribution < 1.29 is 9.59 Å². The molecule has 1 heterocycles. The first-order chi connectivity index (χ1) is 10.0. The van der Waals surface area contributed by atoms with E-state index in [0.717, 1.165) is 16.9 Å². The van der Waals surface area contributed by atoms with E-state index in [1.54, 1.807) is 5.38 Å². The highest BCUT2D eigenvalue weighted by atomic mass is 32.1. The van der Waals surface area contributed by atoms with E-state index in [1.165, 1.54) is 18.2 Å². The highest BCUT2D eigenvalue weighted by Gasteiger charge is 2.14. The molecule has 110 valence electrons. The first-order valence-electron chi connectivity index (χ1n) is 6.53. The van der Waals surface area contributed by atoms with Crippen molar-refractivity contribution in [2.75, 3.05) is 7.05 Å². The van der Waals surface area contributed by atoms with Gasteiger partial charge in [0.2, 0.25) is 0 Å². The fourth-order valence-electron chi connectivity index (χ4n) is 1.78. The van der Waals surface area contributed by atoms with Crippen LogP contribution in [0, 0.1) is 13.8 Å². The molecule has 2 amide bonds. The molecule has 2 N–H and O–H groups in total. The van der Waals surface area contributed by atoms with Gasteiger partial charge in [0.1, 0.15) is 5.69 Å². The molecule has 0 saturated carbocycles. The number of benzene rings is 1. The molecule has 0 bridgehead atoms. The van der Waals surface area contributed by atoms with Crippen LogP contribution in [0.25, 0.3) is 0 Å². The fourth-order valence-corrected chi connectivity index (χ4v) is 2.52. The summed E-state index contributed by atoms with van der Waals surface area (Å²) in [7, 11) is 1.53. The van der Waals surface area contributed by atoms with Crippen LogP contribution < -0.4 is 10.6 Å². The number of thiazole rings is 1. The highest BCUT2D eigenvalue weighted by molar-refractivity contribution is 7.11. The summed E-state index contributed by atoms with van der Waals surface area (Å²) >= 11 is 1.15. The lowest BCUT2D eigenvalue weighted by Crippen LogP contribution is -2.24. The number of nitrogens with one attached hydrogen (secondary N) is 2. The molecule has 5 nitrogen and oxygen atoms in total. The minimum Gasteiger partial charge on any atom is -0.353 e. The second-order valence-electron chi connectivity index (χ2n) is 4.72. The third kappa shape index (κ3) is 3.66. The Bertz CT molecular complexity index is 679. The van der Waals surface area contributed by atoms with Gasteiger partial charge in [-0.15, -0.1) is 11.3 Å². The Kier molecular flexibility index (Phi) is 4.70. The van der Waals surface area contributed by atoms with Crippen LogP contribution in [-0.4, -0.2) is 23.8 Å². The molecule has 6 heteroatoms. The van der Waals surface area contributed by atoms with Gasteiger partial charge < -0.3 is 10.6 Å². The average Bonchev–Trinajstić information content (AvgIpc) is 2.97. The van der Waals surface area contributed by atoms with Crippen molar-refractivity contribution in [3.8, 4) is 0 Å². The van der Waals surface area contributed by atoms with Gasteiger partial charge in [0.25, 0.3) is 11.8 Å². The number of hydrogen-bond acceptors (Lipinski definition) is 4. The largest absolute Gasteiger partial charge is 0.353 e. The van der Waals surface area contributed by atoms with Gasteiger partial charge in [-0.25, -0.2) is 4.98 Å². The van der Waals surface area contributed by atoms with Crippen molar-refractivity contribution in [3.05, 3.63) is 51.0 Å². The molecule has 0 aliphatic carbocycles. The first kappa shape index (κ1) is 15.2. The van der Waals surface area contributed by atoms with E-state index < -0.39 is 0 Å². The maximum absolute atomic E-state index is 12.0. The Labute approximate surface area is 127 Å². The van der Waals surface area contributed by atoms with Crippen LogP contribution in [0.5, 0.6) is 0 Å². The Balaban J connectivity index is 1.99. The molecule has 2 rings (SSSR count). The molecule has 21 heavy (non-hydrogen) atoms. The zero-order valence-corrected chi connectivity index (χ0v) is 13.0. The Hall–Kier alpha value is -2.21. The van der Waals surface area contributed by atoms with Gasteiger partial charge in [0.05, 0.1) is 0 Å². The third-order valence-corrected chi connectivity index (χ3v) is 4.02. The summed E-state index contributed by atoms with van der Waals surface area (Å²) in [6, 6.07) is 6.07. The maximum atomic E-state index is 12.0. The Morgan fingerprint density at radius 3 is 2.62 bits per heavy atom. The lowest BCUT2D eigenvalue weighted by Gasteiger charge is -2.06. The van der Waals surface area contributed by atoms with Gasteiger partial charge in [0, 0.05) is 19.0 Å². The second-order valence-corrected chi connectivity index (χ2v) is 5.58.